The van der Waals surface area contributed by atoms with Crippen LogP contribution < -0.4 is 0 Å². The van der Waals surface area contributed by atoms with Gasteiger partial charge in [-0.3, -0.25) is 4.98 Å². The zero-order chi connectivity index (χ0) is 17.2. The molecule has 0 saturated heterocycles. The van der Waals surface area contributed by atoms with Crippen LogP contribution in [0.25, 0.3) is 10.9 Å². The van der Waals surface area contributed by atoms with Gasteiger partial charge in [0.2, 0.25) is 0 Å². The maximum atomic E-state index is 12.9. The predicted molar refractivity (Wildman–Crippen MR) is 99.0 cm³/mol. The molecule has 0 aliphatic heterocycles. The topological polar surface area (TPSA) is 52.1 Å². The first kappa shape index (κ1) is 16.2. The number of carbonyl (C=O) groups is 1. The molecule has 128 valence electrons. The van der Waals surface area contributed by atoms with Gasteiger partial charge in [-0.2, -0.15) is 0 Å². The third-order valence-electron chi connectivity index (χ3n) is 4.64. The van der Waals surface area contributed by atoms with Crippen LogP contribution in [0.3, 0.4) is 0 Å². The lowest BCUT2D eigenvalue weighted by atomic mass is 9.97. The van der Waals surface area contributed by atoms with Crippen molar-refractivity contribution in [2.45, 2.75) is 45.6 Å². The molecule has 5 heteroatoms. The Morgan fingerprint density at radius 2 is 2.00 bits per heavy atom. The van der Waals surface area contributed by atoms with Crippen molar-refractivity contribution in [1.82, 2.24) is 9.97 Å². The second-order valence-corrected chi connectivity index (χ2v) is 7.49. The molecule has 2 heterocycles. The number of hydrogen-bond acceptors (Lipinski definition) is 5. The summed E-state index contributed by atoms with van der Waals surface area (Å²) in [4.78, 5) is 22.1. The summed E-state index contributed by atoms with van der Waals surface area (Å²) in [5.74, 6) is -0.262. The zero-order valence-electron chi connectivity index (χ0n) is 14.2. The van der Waals surface area contributed by atoms with Gasteiger partial charge < -0.3 is 4.74 Å². The highest BCUT2D eigenvalue weighted by Gasteiger charge is 2.23. The summed E-state index contributed by atoms with van der Waals surface area (Å²) in [6.45, 7) is 2.17. The minimum absolute atomic E-state index is 0.217. The van der Waals surface area contributed by atoms with Gasteiger partial charge in [-0.05, 0) is 44.2 Å². The summed E-state index contributed by atoms with van der Waals surface area (Å²) in [7, 11) is 0. The number of hydrogen-bond donors (Lipinski definition) is 0. The van der Waals surface area contributed by atoms with Gasteiger partial charge in [-0.25, -0.2) is 9.78 Å². The zero-order valence-corrected chi connectivity index (χ0v) is 15.1. The summed E-state index contributed by atoms with van der Waals surface area (Å²) in [5.41, 5.74) is 4.53. The van der Waals surface area contributed by atoms with E-state index >= 15 is 0 Å². The molecular formula is C20H20N2O2S. The van der Waals surface area contributed by atoms with Crippen LogP contribution >= 0.6 is 11.3 Å². The summed E-state index contributed by atoms with van der Waals surface area (Å²) >= 11 is 1.57. The van der Waals surface area contributed by atoms with Gasteiger partial charge >= 0.3 is 5.97 Å². The highest BCUT2D eigenvalue weighted by Crippen LogP contribution is 2.29. The van der Waals surface area contributed by atoms with E-state index in [0.717, 1.165) is 58.5 Å². The Balaban J connectivity index is 1.73. The summed E-state index contributed by atoms with van der Waals surface area (Å²) in [6, 6.07) is 7.86. The van der Waals surface area contributed by atoms with Crippen LogP contribution in [0.5, 0.6) is 0 Å². The normalized spacial score (nSPS) is 14.1. The van der Waals surface area contributed by atoms with E-state index in [1.165, 1.54) is 6.42 Å². The highest BCUT2D eigenvalue weighted by atomic mass is 32.1. The van der Waals surface area contributed by atoms with Crippen LogP contribution in [0, 0.1) is 6.92 Å². The van der Waals surface area contributed by atoms with Crippen LogP contribution in [0.1, 0.15) is 51.6 Å². The Morgan fingerprint density at radius 1 is 1.16 bits per heavy atom. The standard InChI is InChI=1S/C20H20N2O2S/c1-13-21-14(12-25-13)11-24-20(23)19-15-7-3-2-4-9-17(15)22-18-10-6-5-8-16(18)19/h5-6,8,10,12H,2-4,7,9,11H2,1H3. The molecule has 0 amide bonds. The second kappa shape index (κ2) is 6.92. The summed E-state index contributed by atoms with van der Waals surface area (Å²) in [5, 5.41) is 3.81. The number of benzene rings is 1. The largest absolute Gasteiger partial charge is 0.456 e. The minimum atomic E-state index is -0.262. The van der Waals surface area contributed by atoms with Gasteiger partial charge in [0, 0.05) is 16.5 Å². The fraction of sp³-hybridized carbons (Fsp3) is 0.350. The molecular weight excluding hydrogens is 332 g/mol. The average molecular weight is 352 g/mol. The van der Waals surface area contributed by atoms with Crippen molar-refractivity contribution < 1.29 is 9.53 Å². The maximum absolute atomic E-state index is 12.9. The molecule has 1 aliphatic carbocycles. The number of para-hydroxylation sites is 1. The molecule has 0 unspecified atom stereocenters. The molecule has 0 fully saturated rings. The van der Waals surface area contributed by atoms with E-state index in [9.17, 15) is 4.79 Å². The van der Waals surface area contributed by atoms with Gasteiger partial charge in [-0.15, -0.1) is 11.3 Å². The SMILES string of the molecule is Cc1nc(COC(=O)c2c3c(nc4ccccc24)CCCCC3)cs1. The van der Waals surface area contributed by atoms with Crippen LogP contribution in [-0.4, -0.2) is 15.9 Å². The lowest BCUT2D eigenvalue weighted by Gasteiger charge is -2.14. The number of rotatable bonds is 3. The van der Waals surface area contributed by atoms with Gasteiger partial charge in [-0.1, -0.05) is 24.6 Å². The van der Waals surface area contributed by atoms with Crippen molar-refractivity contribution in [3.8, 4) is 0 Å². The fourth-order valence-corrected chi connectivity index (χ4v) is 4.07. The Labute approximate surface area is 150 Å². The lowest BCUT2D eigenvalue weighted by Crippen LogP contribution is -2.12. The third-order valence-corrected chi connectivity index (χ3v) is 5.46. The maximum Gasteiger partial charge on any atom is 0.339 e. The molecule has 3 aromatic rings. The van der Waals surface area contributed by atoms with E-state index in [-0.39, 0.29) is 12.6 Å². The first-order chi connectivity index (χ1) is 12.2. The third kappa shape index (κ3) is 3.29. The summed E-state index contributed by atoms with van der Waals surface area (Å²) in [6.07, 6.45) is 5.24. The molecule has 0 N–H and O–H groups in total. The number of aromatic nitrogens is 2. The van der Waals surface area contributed by atoms with Crippen molar-refractivity contribution in [2.75, 3.05) is 0 Å². The number of pyridine rings is 1. The highest BCUT2D eigenvalue weighted by molar-refractivity contribution is 7.09. The molecule has 0 radical (unpaired) electrons. The Morgan fingerprint density at radius 3 is 2.84 bits per heavy atom. The van der Waals surface area contributed by atoms with E-state index in [4.69, 9.17) is 9.72 Å². The number of ether oxygens (including phenoxy) is 1. The molecule has 25 heavy (non-hydrogen) atoms. The molecule has 0 saturated carbocycles. The van der Waals surface area contributed by atoms with Crippen LogP contribution in [0.2, 0.25) is 0 Å². The van der Waals surface area contributed by atoms with Crippen LogP contribution in [0.4, 0.5) is 0 Å². The second-order valence-electron chi connectivity index (χ2n) is 6.42. The Hall–Kier alpha value is -2.27. The molecule has 4 rings (SSSR count). The number of esters is 1. The molecule has 4 nitrogen and oxygen atoms in total. The van der Waals surface area contributed by atoms with Crippen molar-refractivity contribution >= 4 is 28.2 Å². The first-order valence-electron chi connectivity index (χ1n) is 8.71. The predicted octanol–water partition coefficient (Wildman–Crippen LogP) is 4.63. The smallest absolute Gasteiger partial charge is 0.339 e. The number of aryl methyl sites for hydroxylation is 2. The van der Waals surface area contributed by atoms with Crippen molar-refractivity contribution in [2.24, 2.45) is 0 Å². The number of thiazole rings is 1. The fourth-order valence-electron chi connectivity index (χ4n) is 3.47. The van der Waals surface area contributed by atoms with Crippen molar-refractivity contribution in [3.63, 3.8) is 0 Å². The molecule has 0 bridgehead atoms. The van der Waals surface area contributed by atoms with Crippen LogP contribution in [0.15, 0.2) is 29.6 Å². The number of fused-ring (bicyclic) bond motifs is 2. The van der Waals surface area contributed by atoms with E-state index < -0.39 is 0 Å². The minimum Gasteiger partial charge on any atom is -0.456 e. The molecule has 2 aromatic heterocycles. The summed E-state index contributed by atoms with van der Waals surface area (Å²) < 4.78 is 5.62. The van der Waals surface area contributed by atoms with E-state index in [1.807, 2.05) is 36.6 Å². The van der Waals surface area contributed by atoms with Crippen LogP contribution in [-0.2, 0) is 24.2 Å². The molecule has 1 aromatic carbocycles. The van der Waals surface area contributed by atoms with Gasteiger partial charge in [0.05, 0.1) is 21.8 Å². The van der Waals surface area contributed by atoms with Crippen molar-refractivity contribution in [1.29, 1.82) is 0 Å². The van der Waals surface area contributed by atoms with Gasteiger partial charge in [0.25, 0.3) is 0 Å². The lowest BCUT2D eigenvalue weighted by molar-refractivity contribution is 0.0469. The quantitative estimate of drug-likeness (QED) is 0.509. The van der Waals surface area contributed by atoms with E-state index in [1.54, 1.807) is 11.3 Å². The monoisotopic (exact) mass is 352 g/mol. The Kier molecular flexibility index (Phi) is 4.49. The molecule has 1 aliphatic rings. The first-order valence-corrected chi connectivity index (χ1v) is 9.59. The molecule has 0 atom stereocenters. The van der Waals surface area contributed by atoms with E-state index in [0.29, 0.717) is 5.56 Å². The Bertz CT molecular complexity index is 933. The number of carbonyl (C=O) groups excluding carboxylic acids is 1. The van der Waals surface area contributed by atoms with E-state index in [2.05, 4.69) is 4.98 Å². The van der Waals surface area contributed by atoms with Crippen molar-refractivity contribution in [3.05, 3.63) is 57.2 Å². The number of nitrogens with zero attached hydrogens (tertiary/aromatic N) is 2. The average Bonchev–Trinajstić information content (AvgIpc) is 2.90. The molecule has 0 spiro atoms. The van der Waals surface area contributed by atoms with Gasteiger partial charge in [0.1, 0.15) is 6.61 Å². The van der Waals surface area contributed by atoms with Gasteiger partial charge in [0.15, 0.2) is 0 Å².